The second-order valence-corrected chi connectivity index (χ2v) is 4.37. The van der Waals surface area contributed by atoms with Crippen molar-refractivity contribution < 1.29 is 13.9 Å². The fourth-order valence-corrected chi connectivity index (χ4v) is 1.86. The number of anilines is 1. The molecule has 0 atom stereocenters. The lowest BCUT2D eigenvalue weighted by Gasteiger charge is -2.08. The molecule has 1 heterocycles. The second-order valence-electron chi connectivity index (χ2n) is 4.37. The molecule has 1 N–H and O–H groups in total. The summed E-state index contributed by atoms with van der Waals surface area (Å²) in [6.07, 6.45) is 1.46. The normalized spacial score (nSPS) is 10.1. The average Bonchev–Trinajstić information content (AvgIpc) is 3.03. The molecule has 0 radical (unpaired) electrons. The monoisotopic (exact) mass is 279 g/mol. The minimum atomic E-state index is -0.295. The zero-order valence-electron chi connectivity index (χ0n) is 11.2. The first-order chi connectivity index (χ1) is 10.3. The van der Waals surface area contributed by atoms with Gasteiger partial charge < -0.3 is 14.5 Å². The summed E-state index contributed by atoms with van der Waals surface area (Å²) in [5, 5.41) is 2.76. The Morgan fingerprint density at radius 2 is 1.71 bits per heavy atom. The molecule has 0 unspecified atom stereocenters. The SMILES string of the molecule is O=C(Nc1cccc(Oc2ccccc2)c1)c1ccco1. The Morgan fingerprint density at radius 3 is 2.48 bits per heavy atom. The Bertz CT molecular complexity index is 721. The maximum atomic E-state index is 11.9. The summed E-state index contributed by atoms with van der Waals surface area (Å²) in [5.74, 6) is 1.37. The fourth-order valence-electron chi connectivity index (χ4n) is 1.86. The predicted octanol–water partition coefficient (Wildman–Crippen LogP) is 4.32. The van der Waals surface area contributed by atoms with E-state index < -0.39 is 0 Å². The predicted molar refractivity (Wildman–Crippen MR) is 79.6 cm³/mol. The van der Waals surface area contributed by atoms with Gasteiger partial charge in [-0.25, -0.2) is 0 Å². The molecule has 0 aliphatic heterocycles. The standard InChI is InChI=1S/C17H13NO3/c19-17(16-10-5-11-20-16)18-13-6-4-9-15(12-13)21-14-7-2-1-3-8-14/h1-12H,(H,18,19). The Balaban J connectivity index is 1.73. The number of para-hydroxylation sites is 1. The van der Waals surface area contributed by atoms with Crippen molar-refractivity contribution >= 4 is 11.6 Å². The highest BCUT2D eigenvalue weighted by molar-refractivity contribution is 6.02. The average molecular weight is 279 g/mol. The third-order valence-electron chi connectivity index (χ3n) is 2.82. The molecule has 2 aromatic carbocycles. The minimum Gasteiger partial charge on any atom is -0.459 e. The molecule has 4 nitrogen and oxygen atoms in total. The van der Waals surface area contributed by atoms with Crippen LogP contribution in [-0.4, -0.2) is 5.91 Å². The Morgan fingerprint density at radius 1 is 0.905 bits per heavy atom. The van der Waals surface area contributed by atoms with E-state index in [1.807, 2.05) is 42.5 Å². The molecule has 1 aromatic heterocycles. The maximum absolute atomic E-state index is 11.9. The maximum Gasteiger partial charge on any atom is 0.291 e. The van der Waals surface area contributed by atoms with Gasteiger partial charge in [-0.05, 0) is 36.4 Å². The van der Waals surface area contributed by atoms with Crippen LogP contribution in [0.5, 0.6) is 11.5 Å². The van der Waals surface area contributed by atoms with Gasteiger partial charge >= 0.3 is 0 Å². The largest absolute Gasteiger partial charge is 0.459 e. The lowest BCUT2D eigenvalue weighted by molar-refractivity contribution is 0.0996. The summed E-state index contributed by atoms with van der Waals surface area (Å²) in [5.41, 5.74) is 0.643. The van der Waals surface area contributed by atoms with E-state index in [4.69, 9.17) is 9.15 Å². The van der Waals surface area contributed by atoms with Gasteiger partial charge in [0.15, 0.2) is 5.76 Å². The van der Waals surface area contributed by atoms with Gasteiger partial charge in [-0.15, -0.1) is 0 Å². The highest BCUT2D eigenvalue weighted by atomic mass is 16.5. The summed E-state index contributed by atoms with van der Waals surface area (Å²) in [6.45, 7) is 0. The number of benzene rings is 2. The highest BCUT2D eigenvalue weighted by Gasteiger charge is 2.09. The van der Waals surface area contributed by atoms with E-state index in [0.717, 1.165) is 5.75 Å². The van der Waals surface area contributed by atoms with Crippen molar-refractivity contribution in [3.8, 4) is 11.5 Å². The van der Waals surface area contributed by atoms with Crippen molar-refractivity contribution in [2.45, 2.75) is 0 Å². The third-order valence-corrected chi connectivity index (χ3v) is 2.82. The summed E-state index contributed by atoms with van der Waals surface area (Å²) in [7, 11) is 0. The van der Waals surface area contributed by atoms with Crippen molar-refractivity contribution in [1.29, 1.82) is 0 Å². The number of carbonyl (C=O) groups is 1. The molecule has 1 amide bonds. The van der Waals surface area contributed by atoms with Crippen molar-refractivity contribution in [3.05, 3.63) is 78.8 Å². The van der Waals surface area contributed by atoms with Crippen LogP contribution in [0.25, 0.3) is 0 Å². The molecule has 0 fully saturated rings. The van der Waals surface area contributed by atoms with Gasteiger partial charge in [-0.1, -0.05) is 24.3 Å². The molecule has 0 saturated carbocycles. The van der Waals surface area contributed by atoms with Crippen molar-refractivity contribution in [1.82, 2.24) is 0 Å². The van der Waals surface area contributed by atoms with Crippen LogP contribution >= 0.6 is 0 Å². The summed E-state index contributed by atoms with van der Waals surface area (Å²) < 4.78 is 10.8. The van der Waals surface area contributed by atoms with Crippen LogP contribution < -0.4 is 10.1 Å². The smallest absolute Gasteiger partial charge is 0.291 e. The summed E-state index contributed by atoms with van der Waals surface area (Å²) >= 11 is 0. The Kier molecular flexibility index (Phi) is 3.69. The van der Waals surface area contributed by atoms with Crippen LogP contribution in [0.4, 0.5) is 5.69 Å². The van der Waals surface area contributed by atoms with Gasteiger partial charge in [-0.2, -0.15) is 0 Å². The number of hydrogen-bond acceptors (Lipinski definition) is 3. The van der Waals surface area contributed by atoms with Crippen molar-refractivity contribution in [3.63, 3.8) is 0 Å². The Labute approximate surface area is 122 Å². The molecule has 0 spiro atoms. The molecule has 104 valence electrons. The van der Waals surface area contributed by atoms with E-state index >= 15 is 0 Å². The molecular weight excluding hydrogens is 266 g/mol. The number of amides is 1. The van der Waals surface area contributed by atoms with Crippen molar-refractivity contribution in [2.75, 3.05) is 5.32 Å². The molecule has 0 bridgehead atoms. The van der Waals surface area contributed by atoms with E-state index in [0.29, 0.717) is 11.4 Å². The van der Waals surface area contributed by atoms with Crippen LogP contribution in [0.2, 0.25) is 0 Å². The van der Waals surface area contributed by atoms with E-state index in [2.05, 4.69) is 5.32 Å². The van der Waals surface area contributed by atoms with Crippen molar-refractivity contribution in [2.24, 2.45) is 0 Å². The number of carbonyl (C=O) groups excluding carboxylic acids is 1. The molecule has 0 saturated heterocycles. The quantitative estimate of drug-likeness (QED) is 0.773. The molecular formula is C17H13NO3. The minimum absolute atomic E-state index is 0.268. The van der Waals surface area contributed by atoms with E-state index in [1.54, 1.807) is 24.3 Å². The van der Waals surface area contributed by atoms with Crippen LogP contribution in [0.1, 0.15) is 10.6 Å². The first-order valence-electron chi connectivity index (χ1n) is 6.49. The molecule has 0 aliphatic rings. The number of hydrogen-bond donors (Lipinski definition) is 1. The lowest BCUT2D eigenvalue weighted by Crippen LogP contribution is -2.10. The Hall–Kier alpha value is -3.01. The zero-order valence-corrected chi connectivity index (χ0v) is 11.2. The van der Waals surface area contributed by atoms with Crippen LogP contribution in [0.15, 0.2) is 77.4 Å². The topological polar surface area (TPSA) is 51.5 Å². The first kappa shape index (κ1) is 13.0. The van der Waals surface area contributed by atoms with Gasteiger partial charge in [0.2, 0.25) is 0 Å². The number of rotatable bonds is 4. The number of ether oxygens (including phenoxy) is 1. The molecule has 0 aliphatic carbocycles. The molecule has 3 rings (SSSR count). The van der Waals surface area contributed by atoms with Gasteiger partial charge in [0.1, 0.15) is 11.5 Å². The van der Waals surface area contributed by atoms with E-state index in [9.17, 15) is 4.79 Å². The van der Waals surface area contributed by atoms with E-state index in [-0.39, 0.29) is 11.7 Å². The van der Waals surface area contributed by atoms with Crippen LogP contribution in [0, 0.1) is 0 Å². The second kappa shape index (κ2) is 5.96. The molecule has 4 heteroatoms. The van der Waals surface area contributed by atoms with Crippen LogP contribution in [0.3, 0.4) is 0 Å². The molecule has 21 heavy (non-hydrogen) atoms. The van der Waals surface area contributed by atoms with Crippen LogP contribution in [-0.2, 0) is 0 Å². The van der Waals surface area contributed by atoms with Gasteiger partial charge in [-0.3, -0.25) is 4.79 Å². The summed E-state index contributed by atoms with van der Waals surface area (Å²) in [6, 6.07) is 19.9. The fraction of sp³-hybridized carbons (Fsp3) is 0. The number of nitrogens with one attached hydrogen (secondary N) is 1. The lowest BCUT2D eigenvalue weighted by atomic mass is 10.3. The van der Waals surface area contributed by atoms with Gasteiger partial charge in [0.05, 0.1) is 6.26 Å². The van der Waals surface area contributed by atoms with E-state index in [1.165, 1.54) is 6.26 Å². The first-order valence-corrected chi connectivity index (χ1v) is 6.49. The molecule has 3 aromatic rings. The van der Waals surface area contributed by atoms with Gasteiger partial charge in [0, 0.05) is 11.8 Å². The summed E-state index contributed by atoms with van der Waals surface area (Å²) in [4.78, 5) is 11.9. The highest BCUT2D eigenvalue weighted by Crippen LogP contribution is 2.24. The zero-order chi connectivity index (χ0) is 14.5. The third kappa shape index (κ3) is 3.30. The van der Waals surface area contributed by atoms with Gasteiger partial charge in [0.25, 0.3) is 5.91 Å². The number of furan rings is 1.